The molecule has 3 aromatic rings. The van der Waals surface area contributed by atoms with E-state index in [0.717, 1.165) is 43.2 Å². The van der Waals surface area contributed by atoms with Gasteiger partial charge in [0.2, 0.25) is 0 Å². The summed E-state index contributed by atoms with van der Waals surface area (Å²) in [7, 11) is 0. The number of aryl methyl sites for hydroxylation is 2. The van der Waals surface area contributed by atoms with E-state index in [2.05, 4.69) is 57.1 Å². The number of halogens is 1. The highest BCUT2D eigenvalue weighted by Gasteiger charge is 2.22. The van der Waals surface area contributed by atoms with Crippen LogP contribution < -0.4 is 20.9 Å². The summed E-state index contributed by atoms with van der Waals surface area (Å²) < 4.78 is 0. The summed E-state index contributed by atoms with van der Waals surface area (Å²) in [6.45, 7) is 9.91. The molecule has 156 valence electrons. The van der Waals surface area contributed by atoms with Gasteiger partial charge in [0.25, 0.3) is 0 Å². The molecule has 0 spiro atoms. The van der Waals surface area contributed by atoms with Crippen molar-refractivity contribution in [2.45, 2.75) is 20.8 Å². The first kappa shape index (κ1) is 20.3. The van der Waals surface area contributed by atoms with E-state index in [1.165, 1.54) is 16.8 Å². The number of aromatic nitrogens is 2. The quantitative estimate of drug-likeness (QED) is 0.634. The molecule has 30 heavy (non-hydrogen) atoms. The lowest BCUT2D eigenvalue weighted by atomic mass is 10.1. The molecule has 0 bridgehead atoms. The summed E-state index contributed by atoms with van der Waals surface area (Å²) in [5.41, 5.74) is 13.0. The van der Waals surface area contributed by atoms with E-state index in [0.29, 0.717) is 16.5 Å². The Balaban J connectivity index is 1.50. The van der Waals surface area contributed by atoms with Crippen molar-refractivity contribution in [1.29, 1.82) is 0 Å². The maximum Gasteiger partial charge on any atom is 0.159 e. The van der Waals surface area contributed by atoms with Gasteiger partial charge in [-0.15, -0.1) is 0 Å². The first-order valence-corrected chi connectivity index (χ1v) is 10.5. The van der Waals surface area contributed by atoms with Crippen molar-refractivity contribution in [2.75, 3.05) is 47.0 Å². The largest absolute Gasteiger partial charge is 0.393 e. The van der Waals surface area contributed by atoms with E-state index in [-0.39, 0.29) is 0 Å². The molecule has 3 N–H and O–H groups in total. The zero-order chi connectivity index (χ0) is 21.3. The van der Waals surface area contributed by atoms with Crippen molar-refractivity contribution < 1.29 is 0 Å². The molecule has 0 radical (unpaired) electrons. The van der Waals surface area contributed by atoms with Gasteiger partial charge in [0.15, 0.2) is 11.6 Å². The molecule has 0 atom stereocenters. The lowest BCUT2D eigenvalue weighted by Crippen LogP contribution is -2.47. The fraction of sp³-hybridized carbons (Fsp3) is 0.304. The van der Waals surface area contributed by atoms with E-state index in [1.54, 1.807) is 6.33 Å². The van der Waals surface area contributed by atoms with Crippen LogP contribution in [0.4, 0.5) is 28.7 Å². The Morgan fingerprint density at radius 1 is 0.933 bits per heavy atom. The molecule has 0 amide bonds. The fourth-order valence-electron chi connectivity index (χ4n) is 3.87. The SMILES string of the molecule is Cc1cc(Cl)ccc1Nc1ncnc(N2CCN(c3cccc(C)c3C)CC2)c1N. The third kappa shape index (κ3) is 4.00. The molecular weight excluding hydrogens is 396 g/mol. The topological polar surface area (TPSA) is 70.3 Å². The predicted octanol–water partition coefficient (Wildman–Crippen LogP) is 4.71. The summed E-state index contributed by atoms with van der Waals surface area (Å²) in [4.78, 5) is 13.5. The number of rotatable bonds is 4. The number of nitrogens with zero attached hydrogens (tertiary/aromatic N) is 4. The monoisotopic (exact) mass is 422 g/mol. The summed E-state index contributed by atoms with van der Waals surface area (Å²) in [6.07, 6.45) is 1.57. The van der Waals surface area contributed by atoms with E-state index < -0.39 is 0 Å². The molecule has 1 fully saturated rings. The van der Waals surface area contributed by atoms with Crippen molar-refractivity contribution in [3.63, 3.8) is 0 Å². The molecule has 1 aromatic heterocycles. The van der Waals surface area contributed by atoms with Gasteiger partial charge in [-0.25, -0.2) is 9.97 Å². The van der Waals surface area contributed by atoms with Gasteiger partial charge in [0, 0.05) is 42.6 Å². The second kappa shape index (κ2) is 8.40. The minimum atomic E-state index is 0.562. The molecule has 2 aromatic carbocycles. The molecule has 0 saturated carbocycles. The van der Waals surface area contributed by atoms with Crippen LogP contribution in [0, 0.1) is 20.8 Å². The Morgan fingerprint density at radius 2 is 1.67 bits per heavy atom. The van der Waals surface area contributed by atoms with Gasteiger partial charge in [-0.2, -0.15) is 0 Å². The van der Waals surface area contributed by atoms with Crippen LogP contribution in [0.5, 0.6) is 0 Å². The Morgan fingerprint density at radius 3 is 2.40 bits per heavy atom. The second-order valence-electron chi connectivity index (χ2n) is 7.74. The maximum absolute atomic E-state index is 6.46. The lowest BCUT2D eigenvalue weighted by Gasteiger charge is -2.38. The number of piperazine rings is 1. The molecule has 1 aliphatic heterocycles. The van der Waals surface area contributed by atoms with E-state index in [9.17, 15) is 0 Å². The molecule has 1 saturated heterocycles. The number of benzene rings is 2. The summed E-state index contributed by atoms with van der Waals surface area (Å²) in [6, 6.07) is 12.2. The van der Waals surface area contributed by atoms with Gasteiger partial charge >= 0.3 is 0 Å². The standard InChI is InChI=1S/C23H27ClN6/c1-15-5-4-6-20(17(15)3)29-9-11-30(12-10-29)23-21(25)22(26-14-27-23)28-19-8-7-18(24)13-16(19)2/h4-8,13-14H,9-12,25H2,1-3H3,(H,26,27,28). The Hall–Kier alpha value is -2.99. The minimum absolute atomic E-state index is 0.562. The van der Waals surface area contributed by atoms with Crippen LogP contribution in [0.2, 0.25) is 5.02 Å². The van der Waals surface area contributed by atoms with Crippen LogP contribution in [0.15, 0.2) is 42.7 Å². The zero-order valence-corrected chi connectivity index (χ0v) is 18.4. The molecule has 4 rings (SSSR count). The van der Waals surface area contributed by atoms with E-state index >= 15 is 0 Å². The number of nitrogen functional groups attached to an aromatic ring is 1. The van der Waals surface area contributed by atoms with Gasteiger partial charge in [0.1, 0.15) is 12.0 Å². The normalized spacial score (nSPS) is 14.1. The van der Waals surface area contributed by atoms with Crippen molar-refractivity contribution in [1.82, 2.24) is 9.97 Å². The van der Waals surface area contributed by atoms with Crippen molar-refractivity contribution in [3.8, 4) is 0 Å². The van der Waals surface area contributed by atoms with Crippen LogP contribution >= 0.6 is 11.6 Å². The Bertz CT molecular complexity index is 1060. The molecule has 0 aliphatic carbocycles. The third-order valence-corrected chi connectivity index (χ3v) is 6.04. The molecular formula is C23H27ClN6. The summed E-state index contributed by atoms with van der Waals surface area (Å²) in [5, 5.41) is 4.03. The number of hydrogen-bond acceptors (Lipinski definition) is 6. The number of nitrogens with two attached hydrogens (primary N) is 1. The molecule has 6 nitrogen and oxygen atoms in total. The molecule has 7 heteroatoms. The number of hydrogen-bond donors (Lipinski definition) is 2. The van der Waals surface area contributed by atoms with Crippen LogP contribution in [-0.4, -0.2) is 36.1 Å². The van der Waals surface area contributed by atoms with Crippen LogP contribution in [-0.2, 0) is 0 Å². The zero-order valence-electron chi connectivity index (χ0n) is 17.6. The first-order chi connectivity index (χ1) is 14.4. The van der Waals surface area contributed by atoms with Gasteiger partial charge in [-0.3, -0.25) is 0 Å². The Kier molecular flexibility index (Phi) is 5.68. The highest BCUT2D eigenvalue weighted by Crippen LogP contribution is 2.32. The van der Waals surface area contributed by atoms with Crippen molar-refractivity contribution in [2.24, 2.45) is 0 Å². The van der Waals surface area contributed by atoms with Crippen LogP contribution in [0.3, 0.4) is 0 Å². The fourth-order valence-corrected chi connectivity index (χ4v) is 4.10. The van der Waals surface area contributed by atoms with Crippen molar-refractivity contribution >= 4 is 40.3 Å². The first-order valence-electron chi connectivity index (χ1n) is 10.1. The summed E-state index contributed by atoms with van der Waals surface area (Å²) >= 11 is 6.06. The average molecular weight is 423 g/mol. The van der Waals surface area contributed by atoms with Crippen LogP contribution in [0.25, 0.3) is 0 Å². The minimum Gasteiger partial charge on any atom is -0.393 e. The van der Waals surface area contributed by atoms with Crippen LogP contribution in [0.1, 0.15) is 16.7 Å². The molecule has 1 aliphatic rings. The van der Waals surface area contributed by atoms with Gasteiger partial charge in [0.05, 0.1) is 0 Å². The Labute approximate surface area is 182 Å². The maximum atomic E-state index is 6.46. The second-order valence-corrected chi connectivity index (χ2v) is 8.17. The molecule has 0 unspecified atom stereocenters. The van der Waals surface area contributed by atoms with E-state index in [4.69, 9.17) is 17.3 Å². The average Bonchev–Trinajstić information content (AvgIpc) is 2.74. The third-order valence-electron chi connectivity index (χ3n) is 5.80. The highest BCUT2D eigenvalue weighted by molar-refractivity contribution is 6.30. The smallest absolute Gasteiger partial charge is 0.159 e. The number of nitrogens with one attached hydrogen (secondary N) is 1. The lowest BCUT2D eigenvalue weighted by molar-refractivity contribution is 0.646. The summed E-state index contributed by atoms with van der Waals surface area (Å²) in [5.74, 6) is 1.39. The number of anilines is 5. The van der Waals surface area contributed by atoms with E-state index in [1.807, 2.05) is 25.1 Å². The van der Waals surface area contributed by atoms with Gasteiger partial charge in [-0.1, -0.05) is 23.7 Å². The highest BCUT2D eigenvalue weighted by atomic mass is 35.5. The molecule has 2 heterocycles. The predicted molar refractivity (Wildman–Crippen MR) is 126 cm³/mol. The van der Waals surface area contributed by atoms with Gasteiger partial charge in [-0.05, 0) is 61.7 Å². The van der Waals surface area contributed by atoms with Crippen molar-refractivity contribution in [3.05, 3.63) is 64.4 Å². The van der Waals surface area contributed by atoms with Gasteiger partial charge < -0.3 is 20.9 Å².